The van der Waals surface area contributed by atoms with Gasteiger partial charge in [0.25, 0.3) is 5.91 Å². The number of rotatable bonds is 8. The Hall–Kier alpha value is -4.65. The molecule has 2 amide bonds. The van der Waals surface area contributed by atoms with Gasteiger partial charge in [-0.05, 0) is 61.6 Å². The highest BCUT2D eigenvalue weighted by Crippen LogP contribution is 2.61. The topological polar surface area (TPSA) is 157 Å². The normalized spacial score (nSPS) is 19.3. The Kier molecular flexibility index (Phi) is 6.36. The zero-order chi connectivity index (χ0) is 26.0. The third-order valence-corrected chi connectivity index (χ3v) is 7.07. The molecule has 2 atom stereocenters. The number of carbonyl (C=O) groups is 3. The van der Waals surface area contributed by atoms with Gasteiger partial charge in [0.05, 0.1) is 30.1 Å². The summed E-state index contributed by atoms with van der Waals surface area (Å²) in [6.45, 7) is 0.474. The molecule has 4 N–H and O–H groups in total. The zero-order valence-corrected chi connectivity index (χ0v) is 19.9. The monoisotopic (exact) mass is 499 g/mol. The number of nitriles is 1. The maximum absolute atomic E-state index is 13.4. The predicted octanol–water partition coefficient (Wildman–Crippen LogP) is 3.62. The highest BCUT2D eigenvalue weighted by atomic mass is 16.5. The van der Waals surface area contributed by atoms with E-state index in [2.05, 4.69) is 26.9 Å². The number of hydrogen-bond acceptors (Lipinski definition) is 6. The number of carboxylic acid groups (broad SMARTS) is 1. The second-order valence-electron chi connectivity index (χ2n) is 9.38. The largest absolute Gasteiger partial charge is 0.493 e. The van der Waals surface area contributed by atoms with Crippen molar-refractivity contribution in [3.8, 4) is 11.8 Å². The van der Waals surface area contributed by atoms with E-state index < -0.39 is 11.4 Å². The first-order valence-corrected chi connectivity index (χ1v) is 12.0. The molecule has 2 heterocycles. The Morgan fingerprint density at radius 3 is 2.84 bits per heavy atom. The number of aryl methyl sites for hydroxylation is 1. The molecule has 1 fully saturated rings. The van der Waals surface area contributed by atoms with Crippen molar-refractivity contribution in [2.75, 3.05) is 17.2 Å². The number of nitrogens with zero attached hydrogens (tertiary/aromatic N) is 2. The highest BCUT2D eigenvalue weighted by Gasteiger charge is 2.61. The van der Waals surface area contributed by atoms with Gasteiger partial charge in [-0.15, -0.1) is 0 Å². The Bertz CT molecular complexity index is 1410. The van der Waals surface area contributed by atoms with Crippen LogP contribution in [0.1, 0.15) is 52.7 Å². The molecule has 37 heavy (non-hydrogen) atoms. The van der Waals surface area contributed by atoms with Crippen molar-refractivity contribution in [1.82, 2.24) is 10.2 Å². The van der Waals surface area contributed by atoms with Gasteiger partial charge < -0.3 is 20.5 Å². The van der Waals surface area contributed by atoms with Crippen LogP contribution in [0.4, 0.5) is 11.4 Å². The molecule has 1 saturated carbocycles. The molecule has 5 rings (SSSR count). The van der Waals surface area contributed by atoms with Crippen molar-refractivity contribution in [1.29, 1.82) is 5.26 Å². The minimum absolute atomic E-state index is 0.0203. The summed E-state index contributed by atoms with van der Waals surface area (Å²) in [5.41, 5.74) is 3.14. The van der Waals surface area contributed by atoms with E-state index in [1.807, 2.05) is 0 Å². The molecular formula is C27H25N5O5. The summed E-state index contributed by atoms with van der Waals surface area (Å²) in [4.78, 5) is 37.1. The van der Waals surface area contributed by atoms with Crippen molar-refractivity contribution < 1.29 is 24.2 Å². The van der Waals surface area contributed by atoms with Crippen LogP contribution in [0.3, 0.4) is 0 Å². The molecule has 1 aliphatic heterocycles. The van der Waals surface area contributed by atoms with Crippen LogP contribution >= 0.6 is 0 Å². The number of aromatic nitrogens is 2. The second kappa shape index (κ2) is 9.78. The van der Waals surface area contributed by atoms with Gasteiger partial charge in [-0.2, -0.15) is 10.4 Å². The standard InChI is InChI=1S/C27H25N5O5/c28-13-16-4-5-17(2-1-3-24(33)34)22(10-16)32-26(36)21-12-27(21)8-9-37-23-7-6-18(11-20(23)27)25(35)31-19-14-29-30-15-19/h4-7,10-11,14-15,21H,1-3,8-9,12H2,(H,29,30)(H,31,35)(H,32,36)(H,33,34)/t21-,27-/m0/s1. The smallest absolute Gasteiger partial charge is 0.303 e. The second-order valence-corrected chi connectivity index (χ2v) is 9.38. The summed E-state index contributed by atoms with van der Waals surface area (Å²) in [5, 5.41) is 30.5. The minimum atomic E-state index is -0.879. The van der Waals surface area contributed by atoms with Gasteiger partial charge in [-0.3, -0.25) is 19.5 Å². The van der Waals surface area contributed by atoms with Crippen LogP contribution in [0.15, 0.2) is 48.8 Å². The SMILES string of the molecule is N#Cc1ccc(CCCC(=O)O)c(NC(=O)[C@@H]2C[C@]23CCOc2ccc(C(=O)Nc4cn[nH]c4)cc23)c1. The number of ether oxygens (including phenoxy) is 1. The van der Waals surface area contributed by atoms with Crippen molar-refractivity contribution in [3.63, 3.8) is 0 Å². The molecule has 1 spiro atoms. The van der Waals surface area contributed by atoms with E-state index in [9.17, 15) is 19.6 Å². The number of aromatic amines is 1. The molecule has 0 bridgehead atoms. The quantitative estimate of drug-likeness (QED) is 0.369. The summed E-state index contributed by atoms with van der Waals surface area (Å²) in [6, 6.07) is 12.4. The molecule has 3 aromatic rings. The van der Waals surface area contributed by atoms with Crippen LogP contribution in [0.25, 0.3) is 0 Å². The van der Waals surface area contributed by atoms with E-state index in [0.29, 0.717) is 60.5 Å². The van der Waals surface area contributed by atoms with E-state index in [0.717, 1.165) is 11.1 Å². The molecule has 0 radical (unpaired) electrons. The first-order chi connectivity index (χ1) is 17.9. The number of amides is 2. The Balaban J connectivity index is 1.35. The number of fused-ring (bicyclic) bond motifs is 2. The third kappa shape index (κ3) is 4.89. The first kappa shape index (κ1) is 24.1. The maximum Gasteiger partial charge on any atom is 0.303 e. The summed E-state index contributed by atoms with van der Waals surface area (Å²) in [6.07, 6.45) is 5.27. The Morgan fingerprint density at radius 2 is 2.08 bits per heavy atom. The average Bonchev–Trinajstić information content (AvgIpc) is 3.37. The van der Waals surface area contributed by atoms with Crippen LogP contribution < -0.4 is 15.4 Å². The molecule has 10 nitrogen and oxygen atoms in total. The molecule has 2 aliphatic rings. The van der Waals surface area contributed by atoms with E-state index in [1.54, 1.807) is 42.6 Å². The number of carboxylic acids is 1. The van der Waals surface area contributed by atoms with E-state index in [-0.39, 0.29) is 24.2 Å². The number of anilines is 2. The van der Waals surface area contributed by atoms with Gasteiger partial charge >= 0.3 is 5.97 Å². The van der Waals surface area contributed by atoms with Crippen LogP contribution in [0, 0.1) is 17.2 Å². The van der Waals surface area contributed by atoms with Crippen molar-refractivity contribution in [3.05, 3.63) is 71.0 Å². The molecule has 10 heteroatoms. The Labute approximate surface area is 212 Å². The lowest BCUT2D eigenvalue weighted by molar-refractivity contribution is -0.137. The van der Waals surface area contributed by atoms with Crippen molar-refractivity contribution in [2.24, 2.45) is 5.92 Å². The minimum Gasteiger partial charge on any atom is -0.493 e. The highest BCUT2D eigenvalue weighted by molar-refractivity contribution is 6.04. The van der Waals surface area contributed by atoms with Gasteiger partial charge in [0.15, 0.2) is 0 Å². The summed E-state index contributed by atoms with van der Waals surface area (Å²) < 4.78 is 5.84. The zero-order valence-electron chi connectivity index (χ0n) is 19.9. The predicted molar refractivity (Wildman–Crippen MR) is 133 cm³/mol. The van der Waals surface area contributed by atoms with Gasteiger partial charge in [-0.1, -0.05) is 6.07 Å². The third-order valence-electron chi connectivity index (χ3n) is 7.07. The number of benzene rings is 2. The first-order valence-electron chi connectivity index (χ1n) is 12.0. The van der Waals surface area contributed by atoms with Crippen molar-refractivity contribution in [2.45, 2.75) is 37.5 Å². The fourth-order valence-corrected chi connectivity index (χ4v) is 5.04. The van der Waals surface area contributed by atoms with Crippen LogP contribution in [0.5, 0.6) is 5.75 Å². The lowest BCUT2D eigenvalue weighted by Crippen LogP contribution is -2.27. The molecule has 0 unspecified atom stereocenters. The molecule has 188 valence electrons. The number of carbonyl (C=O) groups excluding carboxylic acids is 2. The molecule has 1 aromatic heterocycles. The van der Waals surface area contributed by atoms with E-state index in [4.69, 9.17) is 9.84 Å². The molecular weight excluding hydrogens is 474 g/mol. The molecule has 0 saturated heterocycles. The van der Waals surface area contributed by atoms with Gasteiger partial charge in [-0.25, -0.2) is 0 Å². The van der Waals surface area contributed by atoms with Crippen molar-refractivity contribution >= 4 is 29.2 Å². The molecule has 1 aliphatic carbocycles. The summed E-state index contributed by atoms with van der Waals surface area (Å²) in [7, 11) is 0. The number of aliphatic carboxylic acids is 1. The maximum atomic E-state index is 13.4. The fraction of sp³-hybridized carbons (Fsp3) is 0.296. The lowest BCUT2D eigenvalue weighted by Gasteiger charge is -2.27. The number of hydrogen-bond donors (Lipinski definition) is 4. The lowest BCUT2D eigenvalue weighted by atomic mass is 9.86. The molecule has 2 aromatic carbocycles. The fourth-order valence-electron chi connectivity index (χ4n) is 5.04. The van der Waals surface area contributed by atoms with Gasteiger partial charge in [0, 0.05) is 40.8 Å². The summed E-state index contributed by atoms with van der Waals surface area (Å²) >= 11 is 0. The van der Waals surface area contributed by atoms with Crippen LogP contribution in [-0.4, -0.2) is 39.7 Å². The van der Waals surface area contributed by atoms with Gasteiger partial charge in [0.2, 0.25) is 5.91 Å². The average molecular weight is 500 g/mol. The van der Waals surface area contributed by atoms with E-state index in [1.165, 1.54) is 6.20 Å². The van der Waals surface area contributed by atoms with Gasteiger partial charge in [0.1, 0.15) is 5.75 Å². The number of H-pyrrole nitrogens is 1. The van der Waals surface area contributed by atoms with E-state index >= 15 is 0 Å². The summed E-state index contributed by atoms with van der Waals surface area (Å²) in [5.74, 6) is -0.987. The van der Waals surface area contributed by atoms with Crippen LogP contribution in [-0.2, 0) is 21.4 Å². The Morgan fingerprint density at radius 1 is 1.22 bits per heavy atom. The number of nitrogens with one attached hydrogen (secondary N) is 3. The van der Waals surface area contributed by atoms with Crippen LogP contribution in [0.2, 0.25) is 0 Å².